The van der Waals surface area contributed by atoms with Crippen LogP contribution in [0, 0.1) is 0 Å². The van der Waals surface area contributed by atoms with Crippen molar-refractivity contribution in [3.63, 3.8) is 0 Å². The molecule has 0 radical (unpaired) electrons. The van der Waals surface area contributed by atoms with Gasteiger partial charge in [-0.1, -0.05) is 78.9 Å². The number of rotatable bonds is 3. The van der Waals surface area contributed by atoms with Crippen molar-refractivity contribution in [2.24, 2.45) is 0 Å². The zero-order valence-electron chi connectivity index (χ0n) is 14.9. The van der Waals surface area contributed by atoms with Gasteiger partial charge in [-0.3, -0.25) is 4.79 Å². The van der Waals surface area contributed by atoms with Crippen LogP contribution in [0.4, 0.5) is 0 Å². The summed E-state index contributed by atoms with van der Waals surface area (Å²) in [6.07, 6.45) is 0.834. The van der Waals surface area contributed by atoms with Crippen molar-refractivity contribution in [1.82, 2.24) is 4.57 Å². The zero-order valence-corrected chi connectivity index (χ0v) is 14.9. The summed E-state index contributed by atoms with van der Waals surface area (Å²) >= 11 is 0. The van der Waals surface area contributed by atoms with Crippen molar-refractivity contribution in [2.75, 3.05) is 0 Å². The minimum atomic E-state index is 0.0545. The lowest BCUT2D eigenvalue weighted by Gasteiger charge is -2.15. The van der Waals surface area contributed by atoms with Crippen LogP contribution in [0.2, 0.25) is 0 Å². The van der Waals surface area contributed by atoms with E-state index in [4.69, 9.17) is 0 Å². The summed E-state index contributed by atoms with van der Waals surface area (Å²) in [5.74, 6) is 0. The largest absolute Gasteiger partial charge is 0.307 e. The molecule has 2 nitrogen and oxygen atoms in total. The zero-order chi connectivity index (χ0) is 18.2. The predicted molar refractivity (Wildman–Crippen MR) is 113 cm³/mol. The van der Waals surface area contributed by atoms with E-state index in [1.165, 1.54) is 21.7 Å². The Bertz CT molecular complexity index is 1300. The summed E-state index contributed by atoms with van der Waals surface area (Å²) in [6.45, 7) is 0.669. The van der Waals surface area contributed by atoms with Gasteiger partial charge in [0.15, 0.2) is 0 Å². The van der Waals surface area contributed by atoms with Crippen LogP contribution in [-0.2, 0) is 13.0 Å². The highest BCUT2D eigenvalue weighted by Crippen LogP contribution is 2.34. The lowest BCUT2D eigenvalue weighted by Crippen LogP contribution is -2.20. The molecule has 1 heterocycles. The third-order valence-electron chi connectivity index (χ3n) is 5.34. The highest BCUT2D eigenvalue weighted by Gasteiger charge is 2.12. The van der Waals surface area contributed by atoms with Crippen LogP contribution >= 0.6 is 0 Å². The van der Waals surface area contributed by atoms with Gasteiger partial charge in [-0.25, -0.2) is 0 Å². The van der Waals surface area contributed by atoms with Crippen molar-refractivity contribution in [2.45, 2.75) is 13.0 Å². The van der Waals surface area contributed by atoms with E-state index in [0.29, 0.717) is 6.54 Å². The molecular formula is C25H19NO. The van der Waals surface area contributed by atoms with E-state index < -0.39 is 0 Å². The molecule has 0 spiro atoms. The maximum absolute atomic E-state index is 12.8. The van der Waals surface area contributed by atoms with E-state index in [0.717, 1.165) is 22.7 Å². The quantitative estimate of drug-likeness (QED) is 0.391. The molecule has 0 atom stereocenters. The lowest BCUT2D eigenvalue weighted by molar-refractivity contribution is 0.697. The first kappa shape index (κ1) is 15.8. The van der Waals surface area contributed by atoms with E-state index in [1.807, 2.05) is 28.8 Å². The van der Waals surface area contributed by atoms with Crippen molar-refractivity contribution in [3.8, 4) is 0 Å². The van der Waals surface area contributed by atoms with E-state index in [9.17, 15) is 4.79 Å². The van der Waals surface area contributed by atoms with Crippen LogP contribution in [0.25, 0.3) is 32.4 Å². The lowest BCUT2D eigenvalue weighted by atomic mass is 9.97. The first-order valence-electron chi connectivity index (χ1n) is 9.30. The fourth-order valence-electron chi connectivity index (χ4n) is 4.07. The van der Waals surface area contributed by atoms with Crippen LogP contribution in [0.3, 0.4) is 0 Å². The number of fused-ring (bicyclic) bond motifs is 6. The van der Waals surface area contributed by atoms with Gasteiger partial charge in [0.05, 0.1) is 5.52 Å². The molecule has 0 bridgehead atoms. The SMILES string of the molecule is O=c1ccc2c3ccccc3c3ccccc3c2n1CCc1ccccc1. The van der Waals surface area contributed by atoms with Gasteiger partial charge in [-0.2, -0.15) is 0 Å². The standard InChI is InChI=1S/C25H19NO/c27-24-15-14-23-21-12-5-4-10-19(21)20-11-6-7-13-22(20)25(23)26(24)17-16-18-8-2-1-3-9-18/h1-15H,16-17H2. The van der Waals surface area contributed by atoms with Gasteiger partial charge in [0.25, 0.3) is 5.56 Å². The molecule has 5 aromatic rings. The summed E-state index contributed by atoms with van der Waals surface area (Å²) in [5.41, 5.74) is 2.33. The molecule has 0 aliphatic heterocycles. The Labute approximate surface area is 157 Å². The van der Waals surface area contributed by atoms with Gasteiger partial charge in [0.1, 0.15) is 0 Å². The smallest absolute Gasteiger partial charge is 0.251 e. The number of aromatic nitrogens is 1. The highest BCUT2D eigenvalue weighted by molar-refractivity contribution is 6.24. The molecule has 1 aromatic heterocycles. The van der Waals surface area contributed by atoms with Crippen molar-refractivity contribution in [3.05, 3.63) is 107 Å². The predicted octanol–water partition coefficient (Wildman–Crippen LogP) is 5.55. The Balaban J connectivity index is 1.83. The maximum Gasteiger partial charge on any atom is 0.251 e. The maximum atomic E-state index is 12.8. The topological polar surface area (TPSA) is 22.0 Å². The molecule has 0 amide bonds. The Morgan fingerprint density at radius 2 is 1.07 bits per heavy atom. The first-order valence-corrected chi connectivity index (χ1v) is 9.30. The normalized spacial score (nSPS) is 11.4. The van der Waals surface area contributed by atoms with Crippen molar-refractivity contribution < 1.29 is 0 Å². The molecule has 2 heteroatoms. The van der Waals surface area contributed by atoms with Gasteiger partial charge in [-0.15, -0.1) is 0 Å². The number of nitrogens with zero attached hydrogens (tertiary/aromatic N) is 1. The number of pyridine rings is 1. The molecule has 130 valence electrons. The van der Waals surface area contributed by atoms with Crippen LogP contribution in [0.1, 0.15) is 5.56 Å². The molecular weight excluding hydrogens is 330 g/mol. The van der Waals surface area contributed by atoms with E-state index in [-0.39, 0.29) is 5.56 Å². The van der Waals surface area contributed by atoms with E-state index in [1.54, 1.807) is 6.07 Å². The summed E-state index contributed by atoms with van der Waals surface area (Å²) in [4.78, 5) is 12.8. The van der Waals surface area contributed by atoms with Gasteiger partial charge in [0, 0.05) is 23.4 Å². The van der Waals surface area contributed by atoms with E-state index in [2.05, 4.69) is 60.7 Å². The fraction of sp³-hybridized carbons (Fsp3) is 0.0800. The average molecular weight is 349 g/mol. The van der Waals surface area contributed by atoms with E-state index >= 15 is 0 Å². The average Bonchev–Trinajstić information content (AvgIpc) is 2.74. The summed E-state index contributed by atoms with van der Waals surface area (Å²) in [5, 5.41) is 5.89. The highest BCUT2D eigenvalue weighted by atomic mass is 16.1. The van der Waals surface area contributed by atoms with Crippen LogP contribution in [-0.4, -0.2) is 4.57 Å². The Kier molecular flexibility index (Phi) is 3.75. The molecule has 0 N–H and O–H groups in total. The van der Waals surface area contributed by atoms with Gasteiger partial charge >= 0.3 is 0 Å². The summed E-state index contributed by atoms with van der Waals surface area (Å²) < 4.78 is 1.94. The van der Waals surface area contributed by atoms with Crippen molar-refractivity contribution in [1.29, 1.82) is 0 Å². The second-order valence-electron chi connectivity index (χ2n) is 6.91. The number of hydrogen-bond donors (Lipinski definition) is 0. The second kappa shape index (κ2) is 6.40. The molecule has 0 unspecified atom stereocenters. The molecule has 0 fully saturated rings. The molecule has 4 aromatic carbocycles. The Morgan fingerprint density at radius 3 is 1.74 bits per heavy atom. The number of hydrogen-bond acceptors (Lipinski definition) is 1. The Hall–Kier alpha value is -3.39. The molecule has 0 aliphatic rings. The molecule has 5 rings (SSSR count). The third kappa shape index (κ3) is 2.61. The minimum Gasteiger partial charge on any atom is -0.307 e. The fourth-order valence-corrected chi connectivity index (χ4v) is 4.07. The van der Waals surface area contributed by atoms with Crippen molar-refractivity contribution >= 4 is 32.4 Å². The molecule has 0 aliphatic carbocycles. The Morgan fingerprint density at radius 1 is 0.556 bits per heavy atom. The molecule has 0 saturated heterocycles. The monoisotopic (exact) mass is 349 g/mol. The van der Waals surface area contributed by atoms with Crippen LogP contribution in [0.15, 0.2) is 95.8 Å². The first-order chi connectivity index (χ1) is 13.3. The summed E-state index contributed by atoms with van der Waals surface area (Å²) in [7, 11) is 0. The second-order valence-corrected chi connectivity index (χ2v) is 6.91. The minimum absolute atomic E-state index is 0.0545. The number of benzene rings is 4. The molecule has 27 heavy (non-hydrogen) atoms. The molecule has 0 saturated carbocycles. The summed E-state index contributed by atoms with van der Waals surface area (Å²) in [6, 6.07) is 30.9. The van der Waals surface area contributed by atoms with Crippen LogP contribution < -0.4 is 5.56 Å². The van der Waals surface area contributed by atoms with Gasteiger partial charge in [-0.05, 0) is 34.2 Å². The van der Waals surface area contributed by atoms with Crippen LogP contribution in [0.5, 0.6) is 0 Å². The van der Waals surface area contributed by atoms with Gasteiger partial charge in [0.2, 0.25) is 0 Å². The third-order valence-corrected chi connectivity index (χ3v) is 5.34. The van der Waals surface area contributed by atoms with Gasteiger partial charge < -0.3 is 4.57 Å². The number of aryl methyl sites for hydroxylation is 2.